The number of anilines is 8. The van der Waals surface area contributed by atoms with E-state index in [1.54, 1.807) is 0 Å². The van der Waals surface area contributed by atoms with Crippen LogP contribution < -0.4 is 31.1 Å². The lowest BCUT2D eigenvalue weighted by Crippen LogP contribution is -2.61. The Balaban J connectivity index is 1.10. The Kier molecular flexibility index (Phi) is 11.5. The Morgan fingerprint density at radius 1 is 0.410 bits per heavy atom. The van der Waals surface area contributed by atoms with Crippen LogP contribution in [-0.4, -0.2) is 12.3 Å². The molecule has 0 amide bonds. The Hall–Kier alpha value is -7.56. The van der Waals surface area contributed by atoms with Gasteiger partial charge in [0.1, 0.15) is 0 Å². The van der Waals surface area contributed by atoms with E-state index in [0.29, 0.717) is 0 Å². The molecule has 4 heteroatoms. The Morgan fingerprint density at radius 3 is 1.62 bits per heavy atom. The minimum Gasteiger partial charge on any atom is -0.334 e. The molecule has 4 aliphatic rings. The van der Waals surface area contributed by atoms with Crippen LogP contribution in [0.15, 0.2) is 200 Å². The summed E-state index contributed by atoms with van der Waals surface area (Å²) in [7, 11) is 0. The zero-order valence-electron chi connectivity index (χ0n) is 47.8. The van der Waals surface area contributed by atoms with E-state index in [2.05, 4.69) is 291 Å². The van der Waals surface area contributed by atoms with Crippen LogP contribution >= 0.6 is 0 Å². The number of nitrogens with zero attached hydrogens (tertiary/aromatic N) is 3. The topological polar surface area (TPSA) is 9.72 Å². The largest absolute Gasteiger partial charge is 0.334 e. The van der Waals surface area contributed by atoms with Gasteiger partial charge in [0, 0.05) is 50.8 Å². The van der Waals surface area contributed by atoms with Gasteiger partial charge >= 0.3 is 0 Å². The van der Waals surface area contributed by atoms with Gasteiger partial charge in [0.15, 0.2) is 0 Å². The van der Waals surface area contributed by atoms with Crippen LogP contribution in [0.4, 0.5) is 45.5 Å². The maximum absolute atomic E-state index is 2.80. The third-order valence-electron chi connectivity index (χ3n) is 18.4. The van der Waals surface area contributed by atoms with Crippen molar-refractivity contribution in [2.75, 3.05) is 14.7 Å². The summed E-state index contributed by atoms with van der Waals surface area (Å²) in [6.45, 7) is 25.9. The lowest BCUT2D eigenvalue weighted by molar-refractivity contribution is 0.215. The van der Waals surface area contributed by atoms with Gasteiger partial charge in [-0.3, -0.25) is 0 Å². The van der Waals surface area contributed by atoms with Crippen molar-refractivity contribution in [3.05, 3.63) is 234 Å². The van der Waals surface area contributed by atoms with Gasteiger partial charge < -0.3 is 14.7 Å². The molecule has 0 spiro atoms. The normalized spacial score (nSPS) is 18.5. The molecular formula is C74H74BN3. The second-order valence-electron chi connectivity index (χ2n) is 26.4. The summed E-state index contributed by atoms with van der Waals surface area (Å²) >= 11 is 0. The molecular weight excluding hydrogens is 942 g/mol. The van der Waals surface area contributed by atoms with Gasteiger partial charge in [-0.15, -0.1) is 0 Å². The van der Waals surface area contributed by atoms with Gasteiger partial charge in [-0.1, -0.05) is 215 Å². The number of fused-ring (bicyclic) bond motifs is 7. The summed E-state index contributed by atoms with van der Waals surface area (Å²) in [5.74, 6) is 0. The Labute approximate surface area is 465 Å². The number of rotatable bonds is 6. The lowest BCUT2D eigenvalue weighted by Gasteiger charge is -2.52. The van der Waals surface area contributed by atoms with Crippen molar-refractivity contribution < 1.29 is 0 Å². The standard InChI is InChI=1S/C74H74BN3/c1-49-43-67-69-68(44-49)77(63-39-32-55(71(5,6)7)46-59(63)51-25-17-13-18-26-51)65-38-29-52(50-23-15-12-16-24-50)45-62(65)75(69)61-37-36-58(48-66(61)76(67)57-34-30-53(31-35-57)70(2,3)4)78-64-40-33-56(72(8,9)10)47-60(64)74(54-27-19-14-20-28-54)42-22-21-41-73(74,78)11/h12-20,23-40,43-48H,21-22,41-42H2,1-11H3. The summed E-state index contributed by atoms with van der Waals surface area (Å²) in [5.41, 5.74) is 26.4. The van der Waals surface area contributed by atoms with Gasteiger partial charge in [-0.2, -0.15) is 0 Å². The molecule has 0 saturated heterocycles. The van der Waals surface area contributed by atoms with Crippen LogP contribution in [0.5, 0.6) is 0 Å². The number of hydrogen-bond acceptors (Lipinski definition) is 3. The highest BCUT2D eigenvalue weighted by Crippen LogP contribution is 2.64. The van der Waals surface area contributed by atoms with Crippen molar-refractivity contribution in [3.8, 4) is 22.3 Å². The second kappa shape index (κ2) is 18.0. The van der Waals surface area contributed by atoms with Crippen molar-refractivity contribution in [1.82, 2.24) is 0 Å². The van der Waals surface area contributed by atoms with Gasteiger partial charge in [-0.25, -0.2) is 0 Å². The Bertz CT molecular complexity index is 3780. The van der Waals surface area contributed by atoms with E-state index < -0.39 is 0 Å². The molecule has 0 aromatic heterocycles. The minimum absolute atomic E-state index is 0.00939. The monoisotopic (exact) mass is 1020 g/mol. The van der Waals surface area contributed by atoms with E-state index >= 15 is 0 Å². The van der Waals surface area contributed by atoms with Gasteiger partial charge in [0.05, 0.1) is 11.2 Å². The molecule has 3 aliphatic heterocycles. The molecule has 78 heavy (non-hydrogen) atoms. The highest BCUT2D eigenvalue weighted by atomic mass is 15.3. The molecule has 2 unspecified atom stereocenters. The van der Waals surface area contributed by atoms with Crippen LogP contribution in [0.2, 0.25) is 0 Å². The average Bonchev–Trinajstić information content (AvgIpc) is 3.79. The highest BCUT2D eigenvalue weighted by Gasteiger charge is 2.61. The molecule has 3 heterocycles. The molecule has 2 atom stereocenters. The molecule has 1 fully saturated rings. The van der Waals surface area contributed by atoms with Gasteiger partial charge in [0.2, 0.25) is 0 Å². The zero-order chi connectivity index (χ0) is 54.1. The predicted molar refractivity (Wildman–Crippen MR) is 335 cm³/mol. The van der Waals surface area contributed by atoms with Gasteiger partial charge in [0.25, 0.3) is 6.71 Å². The van der Waals surface area contributed by atoms with Crippen molar-refractivity contribution in [2.24, 2.45) is 0 Å². The van der Waals surface area contributed by atoms with Crippen LogP contribution in [0.3, 0.4) is 0 Å². The molecule has 9 aromatic carbocycles. The first-order valence-corrected chi connectivity index (χ1v) is 28.7. The van der Waals surface area contributed by atoms with E-state index in [1.807, 2.05) is 0 Å². The van der Waals surface area contributed by atoms with Crippen molar-refractivity contribution >= 4 is 68.6 Å². The molecule has 0 N–H and O–H groups in total. The van der Waals surface area contributed by atoms with Crippen molar-refractivity contribution in [2.45, 2.75) is 129 Å². The molecule has 0 bridgehead atoms. The molecule has 3 nitrogen and oxygen atoms in total. The quantitative estimate of drug-likeness (QED) is 0.154. The second-order valence-corrected chi connectivity index (χ2v) is 26.4. The number of benzene rings is 9. The fourth-order valence-corrected chi connectivity index (χ4v) is 14.4. The minimum atomic E-state index is -0.225. The van der Waals surface area contributed by atoms with Crippen LogP contribution in [0.1, 0.15) is 128 Å². The smallest absolute Gasteiger partial charge is 0.252 e. The molecule has 9 aromatic rings. The summed E-state index contributed by atoms with van der Waals surface area (Å²) < 4.78 is 0. The van der Waals surface area contributed by atoms with Crippen LogP contribution in [0.25, 0.3) is 22.3 Å². The van der Waals surface area contributed by atoms with E-state index in [1.165, 1.54) is 130 Å². The molecule has 1 saturated carbocycles. The van der Waals surface area contributed by atoms with E-state index in [0.717, 1.165) is 12.8 Å². The summed E-state index contributed by atoms with van der Waals surface area (Å²) in [6, 6.07) is 77.6. The third-order valence-corrected chi connectivity index (χ3v) is 18.4. The maximum Gasteiger partial charge on any atom is 0.252 e. The maximum atomic E-state index is 2.80. The Morgan fingerprint density at radius 2 is 0.962 bits per heavy atom. The number of hydrogen-bond donors (Lipinski definition) is 0. The fraction of sp³-hybridized carbons (Fsp3) is 0.270. The van der Waals surface area contributed by atoms with Gasteiger partial charge in [-0.05, 0) is 170 Å². The average molecular weight is 1020 g/mol. The first-order valence-electron chi connectivity index (χ1n) is 28.7. The van der Waals surface area contributed by atoms with E-state index in [4.69, 9.17) is 0 Å². The number of aryl methyl sites for hydroxylation is 1. The van der Waals surface area contributed by atoms with Crippen molar-refractivity contribution in [3.63, 3.8) is 0 Å². The van der Waals surface area contributed by atoms with E-state index in [-0.39, 0.29) is 33.9 Å². The van der Waals surface area contributed by atoms with E-state index in [9.17, 15) is 0 Å². The third kappa shape index (κ3) is 7.75. The first kappa shape index (κ1) is 50.0. The SMILES string of the molecule is Cc1cc2c3c(c1)N(c1ccc(C(C)(C)C)cc1-c1ccccc1)c1ccc(-c4ccccc4)cc1B3c1ccc(N3c4ccc(C(C)(C)C)cc4C4(c5ccccc5)CCCCC34C)cc1N2c1ccc(C(C)(C)C)cc1. The van der Waals surface area contributed by atoms with Crippen LogP contribution in [0, 0.1) is 6.92 Å². The zero-order valence-corrected chi connectivity index (χ0v) is 47.8. The van der Waals surface area contributed by atoms with Crippen molar-refractivity contribution in [1.29, 1.82) is 0 Å². The highest BCUT2D eigenvalue weighted by molar-refractivity contribution is 7.00. The fourth-order valence-electron chi connectivity index (χ4n) is 14.4. The summed E-state index contributed by atoms with van der Waals surface area (Å²) in [6.07, 6.45) is 4.60. The molecule has 0 radical (unpaired) electrons. The summed E-state index contributed by atoms with van der Waals surface area (Å²) in [4.78, 5) is 8.04. The predicted octanol–water partition coefficient (Wildman–Crippen LogP) is 18.1. The lowest BCUT2D eigenvalue weighted by atomic mass is 9.33. The summed E-state index contributed by atoms with van der Waals surface area (Å²) in [5, 5.41) is 0. The molecule has 13 rings (SSSR count). The molecule has 1 aliphatic carbocycles. The van der Waals surface area contributed by atoms with Crippen LogP contribution in [-0.2, 0) is 21.7 Å². The molecule has 388 valence electrons. The first-order chi connectivity index (χ1) is 37.3.